The van der Waals surface area contributed by atoms with Crippen molar-refractivity contribution in [2.45, 2.75) is 13.5 Å². The number of pyridine rings is 2. The fourth-order valence-electron chi connectivity index (χ4n) is 4.12. The zero-order valence-corrected chi connectivity index (χ0v) is 20.9. The van der Waals surface area contributed by atoms with Crippen LogP contribution < -0.4 is 21.5 Å². The molecule has 0 spiro atoms. The standard InChI is InChI=1S/C26H21ClFN5O2S/c1-3-33-22-11-24(29-2)30-12-14(22)8-17(25(33)34)16-9-20(19(28)10-18(16)27)31-26(35)32-21-13-36-23-7-5-4-6-15(21)23/h4-13H,3H2,1-2H3,(H,29,30)(H2,31,32,35). The van der Waals surface area contributed by atoms with Crippen LogP contribution in [-0.4, -0.2) is 22.6 Å². The topological polar surface area (TPSA) is 88.1 Å². The third-order valence-electron chi connectivity index (χ3n) is 5.87. The van der Waals surface area contributed by atoms with Crippen molar-refractivity contribution in [2.24, 2.45) is 0 Å². The molecule has 10 heteroatoms. The van der Waals surface area contributed by atoms with Crippen LogP contribution in [-0.2, 0) is 6.54 Å². The van der Waals surface area contributed by atoms with Gasteiger partial charge in [0.1, 0.15) is 11.6 Å². The molecule has 0 saturated heterocycles. The van der Waals surface area contributed by atoms with Crippen molar-refractivity contribution in [3.63, 3.8) is 0 Å². The number of carbonyl (C=O) groups excluding carboxylic acids is 1. The normalized spacial score (nSPS) is 11.1. The maximum Gasteiger partial charge on any atom is 0.323 e. The lowest BCUT2D eigenvalue weighted by molar-refractivity contribution is 0.262. The smallest absolute Gasteiger partial charge is 0.323 e. The van der Waals surface area contributed by atoms with E-state index in [1.54, 1.807) is 29.9 Å². The van der Waals surface area contributed by atoms with Gasteiger partial charge in [-0.15, -0.1) is 11.3 Å². The zero-order valence-electron chi connectivity index (χ0n) is 19.4. The molecule has 0 atom stereocenters. The highest BCUT2D eigenvalue weighted by atomic mass is 35.5. The maximum absolute atomic E-state index is 14.8. The summed E-state index contributed by atoms with van der Waals surface area (Å²) in [5, 5.41) is 11.8. The second kappa shape index (κ2) is 9.60. The van der Waals surface area contributed by atoms with Gasteiger partial charge in [0.2, 0.25) is 0 Å². The van der Waals surface area contributed by atoms with E-state index in [1.807, 2.05) is 36.6 Å². The first-order chi connectivity index (χ1) is 17.4. The quantitative estimate of drug-likeness (QED) is 0.238. The Labute approximate surface area is 214 Å². The van der Waals surface area contributed by atoms with E-state index in [0.717, 1.165) is 21.5 Å². The predicted molar refractivity (Wildman–Crippen MR) is 146 cm³/mol. The number of hydrogen-bond donors (Lipinski definition) is 3. The number of rotatable bonds is 5. The molecule has 0 aliphatic heterocycles. The van der Waals surface area contributed by atoms with Crippen molar-refractivity contribution >= 4 is 67.2 Å². The third-order valence-corrected chi connectivity index (χ3v) is 7.15. The summed E-state index contributed by atoms with van der Waals surface area (Å²) < 4.78 is 17.4. The summed E-state index contributed by atoms with van der Waals surface area (Å²) in [6.45, 7) is 2.28. The van der Waals surface area contributed by atoms with E-state index in [1.165, 1.54) is 17.4 Å². The van der Waals surface area contributed by atoms with Crippen molar-refractivity contribution in [1.29, 1.82) is 0 Å². The monoisotopic (exact) mass is 521 g/mol. The number of amides is 2. The van der Waals surface area contributed by atoms with Crippen LogP contribution in [0.25, 0.3) is 32.1 Å². The number of fused-ring (bicyclic) bond motifs is 2. The van der Waals surface area contributed by atoms with Gasteiger partial charge in [-0.25, -0.2) is 14.2 Å². The molecule has 7 nitrogen and oxygen atoms in total. The minimum Gasteiger partial charge on any atom is -0.373 e. The van der Waals surface area contributed by atoms with Crippen LogP contribution in [0.2, 0.25) is 5.02 Å². The van der Waals surface area contributed by atoms with E-state index in [9.17, 15) is 14.0 Å². The number of nitrogens with one attached hydrogen (secondary N) is 3. The Morgan fingerprint density at radius 3 is 2.67 bits per heavy atom. The first-order valence-electron chi connectivity index (χ1n) is 11.1. The molecule has 0 unspecified atom stereocenters. The number of anilines is 3. The number of benzene rings is 2. The molecule has 182 valence electrons. The van der Waals surface area contributed by atoms with E-state index in [2.05, 4.69) is 20.9 Å². The fourth-order valence-corrected chi connectivity index (χ4v) is 5.26. The molecule has 3 aromatic heterocycles. The molecule has 2 amide bonds. The summed E-state index contributed by atoms with van der Waals surface area (Å²) in [7, 11) is 1.75. The molecule has 5 aromatic rings. The second-order valence-electron chi connectivity index (χ2n) is 8.02. The molecule has 0 bridgehead atoms. The largest absolute Gasteiger partial charge is 0.373 e. The van der Waals surface area contributed by atoms with Crippen molar-refractivity contribution in [3.8, 4) is 11.1 Å². The van der Waals surface area contributed by atoms with Crippen LogP contribution in [0.5, 0.6) is 0 Å². The molecule has 0 aliphatic rings. The molecule has 36 heavy (non-hydrogen) atoms. The van der Waals surface area contributed by atoms with Crippen molar-refractivity contribution in [3.05, 3.63) is 81.3 Å². The predicted octanol–water partition coefficient (Wildman–Crippen LogP) is 6.78. The van der Waals surface area contributed by atoms with E-state index in [-0.39, 0.29) is 21.8 Å². The van der Waals surface area contributed by atoms with Crippen LogP contribution in [0.15, 0.2) is 64.9 Å². The lowest BCUT2D eigenvalue weighted by Crippen LogP contribution is -2.22. The number of aromatic nitrogens is 2. The van der Waals surface area contributed by atoms with E-state index < -0.39 is 11.8 Å². The molecule has 5 rings (SSSR count). The van der Waals surface area contributed by atoms with Gasteiger partial charge in [0.15, 0.2) is 0 Å². The first kappa shape index (κ1) is 23.8. The second-order valence-corrected chi connectivity index (χ2v) is 9.34. The first-order valence-corrected chi connectivity index (χ1v) is 12.4. The van der Waals surface area contributed by atoms with Gasteiger partial charge in [0.25, 0.3) is 5.56 Å². The molecule has 0 aliphatic carbocycles. The Morgan fingerprint density at radius 2 is 1.89 bits per heavy atom. The average molecular weight is 522 g/mol. The number of halogens is 2. The van der Waals surface area contributed by atoms with Crippen molar-refractivity contribution in [2.75, 3.05) is 23.0 Å². The fraction of sp³-hybridized carbons (Fsp3) is 0.115. The SMILES string of the molecule is CCn1c(=O)c(-c2cc(NC(=O)Nc3csc4ccccc34)c(F)cc2Cl)cc2cnc(NC)cc21. The highest BCUT2D eigenvalue weighted by molar-refractivity contribution is 7.17. The summed E-state index contributed by atoms with van der Waals surface area (Å²) in [5.74, 6) is -0.0847. The van der Waals surface area contributed by atoms with Gasteiger partial charge in [-0.05, 0) is 31.2 Å². The molecule has 3 N–H and O–H groups in total. The van der Waals surface area contributed by atoms with E-state index in [4.69, 9.17) is 11.6 Å². The highest BCUT2D eigenvalue weighted by Crippen LogP contribution is 2.33. The Morgan fingerprint density at radius 1 is 1.11 bits per heavy atom. The number of urea groups is 1. The summed E-state index contributed by atoms with van der Waals surface area (Å²) in [6, 6.07) is 13.0. The van der Waals surface area contributed by atoms with E-state index in [0.29, 0.717) is 29.1 Å². The van der Waals surface area contributed by atoms with Crippen LogP contribution >= 0.6 is 22.9 Å². The Hall–Kier alpha value is -3.95. The van der Waals surface area contributed by atoms with Gasteiger partial charge >= 0.3 is 6.03 Å². The van der Waals surface area contributed by atoms with Crippen LogP contribution in [0, 0.1) is 5.82 Å². The molecular formula is C26H21ClFN5O2S. The lowest BCUT2D eigenvalue weighted by atomic mass is 10.0. The van der Waals surface area contributed by atoms with Gasteiger partial charge in [-0.3, -0.25) is 4.79 Å². The van der Waals surface area contributed by atoms with Crippen LogP contribution in [0.3, 0.4) is 0 Å². The van der Waals surface area contributed by atoms with Crippen LogP contribution in [0.1, 0.15) is 6.92 Å². The molecule has 3 heterocycles. The maximum atomic E-state index is 14.8. The Balaban J connectivity index is 1.53. The number of carbonyl (C=O) groups is 1. The Kier molecular flexibility index (Phi) is 6.34. The van der Waals surface area contributed by atoms with Gasteiger partial charge in [0.05, 0.1) is 21.9 Å². The average Bonchev–Trinajstić information content (AvgIpc) is 3.28. The Bertz CT molecular complexity index is 1700. The van der Waals surface area contributed by atoms with Gasteiger partial charge in [-0.2, -0.15) is 0 Å². The number of aryl methyl sites for hydroxylation is 1. The van der Waals surface area contributed by atoms with Gasteiger partial charge in [0, 0.05) is 57.8 Å². The van der Waals surface area contributed by atoms with Crippen molar-refractivity contribution < 1.29 is 9.18 Å². The zero-order chi connectivity index (χ0) is 25.4. The number of thiophene rings is 1. The molecule has 0 radical (unpaired) electrons. The van der Waals surface area contributed by atoms with Gasteiger partial charge in [-0.1, -0.05) is 29.8 Å². The molecular weight excluding hydrogens is 501 g/mol. The van der Waals surface area contributed by atoms with Crippen LogP contribution in [0.4, 0.5) is 26.4 Å². The number of nitrogens with zero attached hydrogens (tertiary/aromatic N) is 2. The molecule has 2 aromatic carbocycles. The summed E-state index contributed by atoms with van der Waals surface area (Å²) in [4.78, 5) is 30.4. The summed E-state index contributed by atoms with van der Waals surface area (Å²) >= 11 is 7.87. The minimum atomic E-state index is -0.717. The minimum absolute atomic E-state index is 0.0567. The van der Waals surface area contributed by atoms with Crippen molar-refractivity contribution in [1.82, 2.24) is 9.55 Å². The van der Waals surface area contributed by atoms with E-state index >= 15 is 0 Å². The lowest BCUT2D eigenvalue weighted by Gasteiger charge is -2.15. The van der Waals surface area contributed by atoms with Gasteiger partial charge < -0.3 is 20.5 Å². The number of hydrogen-bond acceptors (Lipinski definition) is 5. The summed E-state index contributed by atoms with van der Waals surface area (Å²) in [6.07, 6.45) is 1.66. The molecule has 0 fully saturated rings. The summed E-state index contributed by atoms with van der Waals surface area (Å²) in [5.41, 5.74) is 1.53. The third kappa shape index (κ3) is 4.27. The highest BCUT2D eigenvalue weighted by Gasteiger charge is 2.18. The molecule has 0 saturated carbocycles.